The molecule has 0 fully saturated rings. The molecular weight excluding hydrogens is 306 g/mol. The van der Waals surface area contributed by atoms with E-state index in [-0.39, 0.29) is 5.91 Å². The first-order valence-electron chi connectivity index (χ1n) is 5.78. The summed E-state index contributed by atoms with van der Waals surface area (Å²) in [6.07, 6.45) is 3.46. The predicted molar refractivity (Wildman–Crippen MR) is 78.6 cm³/mol. The molecule has 2 aromatic rings. The summed E-state index contributed by atoms with van der Waals surface area (Å²) >= 11 is 3.35. The van der Waals surface area contributed by atoms with E-state index in [9.17, 15) is 4.79 Å². The summed E-state index contributed by atoms with van der Waals surface area (Å²) < 4.78 is 0.637. The second-order valence-corrected chi connectivity index (χ2v) is 5.02. The zero-order chi connectivity index (χ0) is 13.8. The lowest BCUT2D eigenvalue weighted by Crippen LogP contribution is -2.26. The van der Waals surface area contributed by atoms with Gasteiger partial charge in [0.05, 0.1) is 10.0 Å². The molecule has 0 saturated heterocycles. The highest BCUT2D eigenvalue weighted by molar-refractivity contribution is 9.10. The van der Waals surface area contributed by atoms with Crippen molar-refractivity contribution in [1.82, 2.24) is 9.88 Å². The molecular formula is C14H14BrN3O. The first kappa shape index (κ1) is 13.5. The number of carbonyl (C=O) groups is 1. The van der Waals surface area contributed by atoms with Crippen LogP contribution in [-0.2, 0) is 6.54 Å². The van der Waals surface area contributed by atoms with Crippen LogP contribution in [0.2, 0.25) is 0 Å². The number of amides is 1. The van der Waals surface area contributed by atoms with Gasteiger partial charge >= 0.3 is 0 Å². The number of nitrogens with two attached hydrogens (primary N) is 1. The van der Waals surface area contributed by atoms with Crippen molar-refractivity contribution >= 4 is 27.5 Å². The molecule has 0 bridgehead atoms. The van der Waals surface area contributed by atoms with Gasteiger partial charge in [-0.05, 0) is 39.7 Å². The number of aromatic nitrogens is 1. The van der Waals surface area contributed by atoms with Crippen molar-refractivity contribution in [3.63, 3.8) is 0 Å². The van der Waals surface area contributed by atoms with Gasteiger partial charge in [0.25, 0.3) is 5.91 Å². The van der Waals surface area contributed by atoms with E-state index < -0.39 is 0 Å². The average Bonchev–Trinajstić information content (AvgIpc) is 2.42. The number of rotatable bonds is 3. The van der Waals surface area contributed by atoms with E-state index in [2.05, 4.69) is 20.9 Å². The third-order valence-electron chi connectivity index (χ3n) is 2.75. The highest BCUT2D eigenvalue weighted by Crippen LogP contribution is 2.25. The minimum atomic E-state index is -0.0805. The molecule has 2 N–H and O–H groups in total. The van der Waals surface area contributed by atoms with E-state index in [1.807, 2.05) is 12.1 Å². The van der Waals surface area contributed by atoms with Gasteiger partial charge in [0, 0.05) is 31.7 Å². The van der Waals surface area contributed by atoms with Gasteiger partial charge in [-0.2, -0.15) is 0 Å². The summed E-state index contributed by atoms with van der Waals surface area (Å²) in [6.45, 7) is 0.508. The number of halogens is 1. The summed E-state index contributed by atoms with van der Waals surface area (Å²) in [4.78, 5) is 18.0. The molecule has 1 amide bonds. The van der Waals surface area contributed by atoms with Crippen LogP contribution in [0.1, 0.15) is 15.9 Å². The van der Waals surface area contributed by atoms with Gasteiger partial charge in [0.15, 0.2) is 0 Å². The van der Waals surface area contributed by atoms with Crippen LogP contribution >= 0.6 is 15.9 Å². The molecule has 0 radical (unpaired) electrons. The largest absolute Gasteiger partial charge is 0.398 e. The second kappa shape index (κ2) is 5.84. The molecule has 0 unspecified atom stereocenters. The Hall–Kier alpha value is -1.88. The molecule has 1 heterocycles. The monoisotopic (exact) mass is 319 g/mol. The molecule has 1 aromatic heterocycles. The number of benzene rings is 1. The first-order valence-corrected chi connectivity index (χ1v) is 6.57. The van der Waals surface area contributed by atoms with Gasteiger partial charge in [-0.1, -0.05) is 12.1 Å². The zero-order valence-corrected chi connectivity index (χ0v) is 12.1. The molecule has 0 atom stereocenters. The third-order valence-corrected chi connectivity index (χ3v) is 3.63. The van der Waals surface area contributed by atoms with Gasteiger partial charge < -0.3 is 10.6 Å². The molecule has 0 saturated carbocycles. The summed E-state index contributed by atoms with van der Waals surface area (Å²) in [7, 11) is 1.75. The number of hydrogen-bond donors (Lipinski definition) is 1. The lowest BCUT2D eigenvalue weighted by atomic mass is 10.1. The Labute approximate surface area is 120 Å². The van der Waals surface area contributed by atoms with Crippen LogP contribution in [0.15, 0.2) is 47.2 Å². The second-order valence-electron chi connectivity index (χ2n) is 4.23. The normalized spacial score (nSPS) is 10.2. The number of hydrogen-bond acceptors (Lipinski definition) is 3. The molecule has 4 nitrogen and oxygen atoms in total. The molecule has 0 aliphatic rings. The van der Waals surface area contributed by atoms with Crippen LogP contribution in [0.3, 0.4) is 0 Å². The van der Waals surface area contributed by atoms with Crippen molar-refractivity contribution in [2.24, 2.45) is 0 Å². The van der Waals surface area contributed by atoms with Gasteiger partial charge in [0.1, 0.15) is 0 Å². The first-order chi connectivity index (χ1) is 9.09. The van der Waals surface area contributed by atoms with Crippen molar-refractivity contribution in [1.29, 1.82) is 0 Å². The topological polar surface area (TPSA) is 59.2 Å². The maximum Gasteiger partial charge on any atom is 0.255 e. The SMILES string of the molecule is CN(Cc1cccnc1)C(=O)c1cccc(N)c1Br. The number of nitrogen functional groups attached to an aromatic ring is 1. The van der Waals surface area contributed by atoms with E-state index in [0.29, 0.717) is 22.3 Å². The van der Waals surface area contributed by atoms with E-state index in [1.165, 1.54) is 0 Å². The summed E-state index contributed by atoms with van der Waals surface area (Å²) in [5.74, 6) is -0.0805. The Balaban J connectivity index is 2.18. The minimum absolute atomic E-state index is 0.0805. The van der Waals surface area contributed by atoms with Crippen LogP contribution in [0.25, 0.3) is 0 Å². The fourth-order valence-electron chi connectivity index (χ4n) is 1.76. The lowest BCUT2D eigenvalue weighted by molar-refractivity contribution is 0.0784. The lowest BCUT2D eigenvalue weighted by Gasteiger charge is -2.18. The predicted octanol–water partition coefficient (Wildman–Crippen LogP) is 2.70. The van der Waals surface area contributed by atoms with Crippen LogP contribution in [-0.4, -0.2) is 22.8 Å². The summed E-state index contributed by atoms with van der Waals surface area (Å²) in [5.41, 5.74) is 7.89. The number of nitrogens with zero attached hydrogens (tertiary/aromatic N) is 2. The van der Waals surface area contributed by atoms with Crippen LogP contribution in [0, 0.1) is 0 Å². The Kier molecular flexibility index (Phi) is 4.16. The van der Waals surface area contributed by atoms with Crippen LogP contribution < -0.4 is 5.73 Å². The molecule has 0 aliphatic carbocycles. The Morgan fingerprint density at radius 3 is 2.84 bits per heavy atom. The third kappa shape index (κ3) is 3.12. The maximum absolute atomic E-state index is 12.3. The highest BCUT2D eigenvalue weighted by Gasteiger charge is 2.16. The van der Waals surface area contributed by atoms with Crippen molar-refractivity contribution < 1.29 is 4.79 Å². The van der Waals surface area contributed by atoms with Gasteiger partial charge in [-0.3, -0.25) is 9.78 Å². The molecule has 19 heavy (non-hydrogen) atoms. The average molecular weight is 320 g/mol. The molecule has 1 aromatic carbocycles. The van der Waals surface area contributed by atoms with Crippen LogP contribution in [0.4, 0.5) is 5.69 Å². The summed E-state index contributed by atoms with van der Waals surface area (Å²) in [5, 5.41) is 0. The molecule has 0 aliphatic heterocycles. The Bertz CT molecular complexity index is 586. The zero-order valence-electron chi connectivity index (χ0n) is 10.5. The van der Waals surface area contributed by atoms with E-state index in [4.69, 9.17) is 5.73 Å². The van der Waals surface area contributed by atoms with Gasteiger partial charge in [0.2, 0.25) is 0 Å². The fourth-order valence-corrected chi connectivity index (χ4v) is 2.19. The fraction of sp³-hybridized carbons (Fsp3) is 0.143. The Morgan fingerprint density at radius 1 is 1.37 bits per heavy atom. The number of pyridine rings is 1. The number of carbonyl (C=O) groups excluding carboxylic acids is 1. The highest BCUT2D eigenvalue weighted by atomic mass is 79.9. The van der Waals surface area contributed by atoms with E-state index in [0.717, 1.165) is 5.56 Å². The van der Waals surface area contributed by atoms with E-state index >= 15 is 0 Å². The maximum atomic E-state index is 12.3. The summed E-state index contributed by atoms with van der Waals surface area (Å²) in [6, 6.07) is 9.06. The standard InChI is InChI=1S/C14H14BrN3O/c1-18(9-10-4-3-7-17-8-10)14(19)11-5-2-6-12(16)13(11)15/h2-8H,9,16H2,1H3. The van der Waals surface area contributed by atoms with Crippen molar-refractivity contribution in [2.45, 2.75) is 6.54 Å². The van der Waals surface area contributed by atoms with Crippen molar-refractivity contribution in [2.75, 3.05) is 12.8 Å². The van der Waals surface area contributed by atoms with Crippen molar-refractivity contribution in [3.8, 4) is 0 Å². The quantitative estimate of drug-likeness (QED) is 0.885. The smallest absolute Gasteiger partial charge is 0.255 e. The molecule has 5 heteroatoms. The minimum Gasteiger partial charge on any atom is -0.398 e. The number of anilines is 1. The van der Waals surface area contributed by atoms with Gasteiger partial charge in [-0.25, -0.2) is 0 Å². The van der Waals surface area contributed by atoms with Gasteiger partial charge in [-0.15, -0.1) is 0 Å². The van der Waals surface area contributed by atoms with Crippen molar-refractivity contribution in [3.05, 3.63) is 58.3 Å². The molecule has 0 spiro atoms. The molecule has 2 rings (SSSR count). The van der Waals surface area contributed by atoms with E-state index in [1.54, 1.807) is 42.5 Å². The molecule has 98 valence electrons. The van der Waals surface area contributed by atoms with Crippen LogP contribution in [0.5, 0.6) is 0 Å². The Morgan fingerprint density at radius 2 is 2.16 bits per heavy atom.